The smallest absolute Gasteiger partial charge is 0.306 e. The summed E-state index contributed by atoms with van der Waals surface area (Å²) < 4.78 is 14.9. The quantitative estimate of drug-likeness (QED) is 0.923. The molecule has 1 aliphatic heterocycles. The number of nitrogens with zero attached hydrogens (tertiary/aromatic N) is 5. The second-order valence-corrected chi connectivity index (χ2v) is 5.99. The minimum atomic E-state index is -0.732. The maximum absolute atomic E-state index is 13.1. The lowest BCUT2D eigenvalue weighted by Crippen LogP contribution is -2.37. The van der Waals surface area contributed by atoms with Crippen molar-refractivity contribution in [1.82, 2.24) is 14.8 Å². The zero-order chi connectivity index (χ0) is 17.3. The fourth-order valence-corrected chi connectivity index (χ4v) is 2.99. The Morgan fingerprint density at radius 2 is 1.88 bits per heavy atom. The van der Waals surface area contributed by atoms with Crippen LogP contribution in [0.3, 0.4) is 0 Å². The van der Waals surface area contributed by atoms with Crippen LogP contribution in [0.15, 0.2) is 24.3 Å². The Labute approximate surface area is 139 Å². The van der Waals surface area contributed by atoms with Crippen molar-refractivity contribution in [2.45, 2.75) is 12.8 Å². The molecule has 0 atom stereocenters. The number of aliphatic carboxylic acids is 1. The highest BCUT2D eigenvalue weighted by molar-refractivity contribution is 5.70. The number of carboxylic acids is 1. The average Bonchev–Trinajstić information content (AvgIpc) is 2.96. The summed E-state index contributed by atoms with van der Waals surface area (Å²) >= 11 is 0. The summed E-state index contributed by atoms with van der Waals surface area (Å²) in [7, 11) is 3.71. The lowest BCUT2D eigenvalue weighted by Gasteiger charge is -2.30. The van der Waals surface area contributed by atoms with Gasteiger partial charge in [-0.1, -0.05) is 0 Å². The third kappa shape index (κ3) is 3.04. The van der Waals surface area contributed by atoms with Gasteiger partial charge < -0.3 is 14.9 Å². The van der Waals surface area contributed by atoms with Crippen molar-refractivity contribution in [3.8, 4) is 0 Å². The number of rotatable bonds is 4. The zero-order valence-corrected chi connectivity index (χ0v) is 13.7. The van der Waals surface area contributed by atoms with Crippen LogP contribution in [-0.2, 0) is 11.8 Å². The molecule has 8 heteroatoms. The van der Waals surface area contributed by atoms with E-state index in [-0.39, 0.29) is 11.7 Å². The number of halogens is 1. The number of carbonyl (C=O) groups is 1. The van der Waals surface area contributed by atoms with Gasteiger partial charge in [0.2, 0.25) is 11.9 Å². The van der Waals surface area contributed by atoms with Gasteiger partial charge in [-0.15, -0.1) is 10.2 Å². The standard InChI is InChI=1S/C16H20FN5O2/c1-20(13-5-3-12(17)4-6-13)15-18-19-16(21(15)2)22-9-7-11(8-10-22)14(23)24/h3-6,11H,7-10H2,1-2H3,(H,23,24). The number of hydrogen-bond acceptors (Lipinski definition) is 5. The molecule has 1 fully saturated rings. The van der Waals surface area contributed by atoms with Crippen LogP contribution in [0.4, 0.5) is 22.0 Å². The molecule has 24 heavy (non-hydrogen) atoms. The first-order valence-electron chi connectivity index (χ1n) is 7.84. The van der Waals surface area contributed by atoms with Gasteiger partial charge in [0.1, 0.15) is 5.82 Å². The first kappa shape index (κ1) is 16.2. The zero-order valence-electron chi connectivity index (χ0n) is 13.7. The van der Waals surface area contributed by atoms with Crippen LogP contribution in [0.1, 0.15) is 12.8 Å². The van der Waals surface area contributed by atoms with E-state index < -0.39 is 5.97 Å². The summed E-state index contributed by atoms with van der Waals surface area (Å²) in [5.74, 6) is 0.0482. The fourth-order valence-electron chi connectivity index (χ4n) is 2.99. The molecule has 2 aromatic rings. The normalized spacial score (nSPS) is 15.5. The number of anilines is 3. The van der Waals surface area contributed by atoms with E-state index in [1.807, 2.05) is 23.6 Å². The lowest BCUT2D eigenvalue weighted by molar-refractivity contribution is -0.142. The molecular formula is C16H20FN5O2. The van der Waals surface area contributed by atoms with Gasteiger partial charge in [-0.25, -0.2) is 4.39 Å². The van der Waals surface area contributed by atoms with Crippen LogP contribution >= 0.6 is 0 Å². The first-order valence-corrected chi connectivity index (χ1v) is 7.84. The highest BCUT2D eigenvalue weighted by atomic mass is 19.1. The molecule has 1 aromatic heterocycles. The number of hydrogen-bond donors (Lipinski definition) is 1. The average molecular weight is 333 g/mol. The Hall–Kier alpha value is -2.64. The van der Waals surface area contributed by atoms with Crippen molar-refractivity contribution in [3.63, 3.8) is 0 Å². The minimum absolute atomic E-state index is 0.282. The number of piperidine rings is 1. The second kappa shape index (κ2) is 6.46. The van der Waals surface area contributed by atoms with Gasteiger partial charge in [0, 0.05) is 32.9 Å². The minimum Gasteiger partial charge on any atom is -0.481 e. The molecule has 0 spiro atoms. The Bertz CT molecular complexity index is 723. The first-order chi connectivity index (χ1) is 11.5. The molecule has 0 radical (unpaired) electrons. The summed E-state index contributed by atoms with van der Waals surface area (Å²) in [6.07, 6.45) is 1.21. The topological polar surface area (TPSA) is 74.5 Å². The van der Waals surface area contributed by atoms with E-state index in [4.69, 9.17) is 5.11 Å². The van der Waals surface area contributed by atoms with Crippen LogP contribution in [0, 0.1) is 11.7 Å². The Morgan fingerprint density at radius 3 is 2.46 bits per heavy atom. The lowest BCUT2D eigenvalue weighted by atomic mass is 9.97. The molecular weight excluding hydrogens is 313 g/mol. The molecule has 0 bridgehead atoms. The Kier molecular flexibility index (Phi) is 4.37. The predicted octanol–water partition coefficient (Wildman–Crippen LogP) is 2.02. The molecule has 1 aromatic carbocycles. The fraction of sp³-hybridized carbons (Fsp3) is 0.438. The molecule has 0 amide bonds. The van der Waals surface area contributed by atoms with E-state index in [1.54, 1.807) is 12.1 Å². The Morgan fingerprint density at radius 1 is 1.25 bits per heavy atom. The van der Waals surface area contributed by atoms with E-state index in [0.717, 1.165) is 5.69 Å². The molecule has 7 nitrogen and oxygen atoms in total. The summed E-state index contributed by atoms with van der Waals surface area (Å²) in [5, 5.41) is 17.6. The second-order valence-electron chi connectivity index (χ2n) is 5.99. The molecule has 1 saturated heterocycles. The van der Waals surface area contributed by atoms with Gasteiger partial charge in [-0.2, -0.15) is 0 Å². The van der Waals surface area contributed by atoms with Crippen molar-refractivity contribution >= 4 is 23.6 Å². The van der Waals surface area contributed by atoms with E-state index in [2.05, 4.69) is 15.1 Å². The molecule has 1 aliphatic rings. The highest BCUT2D eigenvalue weighted by Gasteiger charge is 2.27. The maximum Gasteiger partial charge on any atom is 0.306 e. The molecule has 0 unspecified atom stereocenters. The molecule has 1 N–H and O–H groups in total. The van der Waals surface area contributed by atoms with Gasteiger partial charge in [-0.05, 0) is 37.1 Å². The predicted molar refractivity (Wildman–Crippen MR) is 88.0 cm³/mol. The number of benzene rings is 1. The van der Waals surface area contributed by atoms with Crippen LogP contribution in [0.5, 0.6) is 0 Å². The van der Waals surface area contributed by atoms with Gasteiger partial charge in [0.15, 0.2) is 0 Å². The van der Waals surface area contributed by atoms with Crippen molar-refractivity contribution in [2.24, 2.45) is 13.0 Å². The Balaban J connectivity index is 1.76. The molecule has 3 rings (SSSR count). The molecule has 0 aliphatic carbocycles. The molecule has 0 saturated carbocycles. The highest BCUT2D eigenvalue weighted by Crippen LogP contribution is 2.27. The third-order valence-corrected chi connectivity index (χ3v) is 4.47. The number of aromatic nitrogens is 3. The van der Waals surface area contributed by atoms with Gasteiger partial charge in [0.25, 0.3) is 0 Å². The van der Waals surface area contributed by atoms with Gasteiger partial charge in [-0.3, -0.25) is 9.36 Å². The van der Waals surface area contributed by atoms with E-state index >= 15 is 0 Å². The van der Waals surface area contributed by atoms with E-state index in [1.165, 1.54) is 12.1 Å². The summed E-state index contributed by atoms with van der Waals surface area (Å²) in [5.41, 5.74) is 0.808. The SMILES string of the molecule is CN(c1ccc(F)cc1)c1nnc(N2CCC(C(=O)O)CC2)n1C. The van der Waals surface area contributed by atoms with Crippen LogP contribution in [-0.4, -0.2) is 46.0 Å². The van der Waals surface area contributed by atoms with Crippen molar-refractivity contribution in [1.29, 1.82) is 0 Å². The van der Waals surface area contributed by atoms with Gasteiger partial charge >= 0.3 is 5.97 Å². The van der Waals surface area contributed by atoms with Crippen molar-refractivity contribution < 1.29 is 14.3 Å². The van der Waals surface area contributed by atoms with Crippen molar-refractivity contribution in [2.75, 3.05) is 29.9 Å². The summed E-state index contributed by atoms with van der Waals surface area (Å²) in [4.78, 5) is 14.9. The van der Waals surface area contributed by atoms with Gasteiger partial charge in [0.05, 0.1) is 5.92 Å². The van der Waals surface area contributed by atoms with Crippen molar-refractivity contribution in [3.05, 3.63) is 30.1 Å². The summed E-state index contributed by atoms with van der Waals surface area (Å²) in [6.45, 7) is 1.28. The summed E-state index contributed by atoms with van der Waals surface area (Å²) in [6, 6.07) is 6.17. The third-order valence-electron chi connectivity index (χ3n) is 4.47. The van der Waals surface area contributed by atoms with Crippen LogP contribution < -0.4 is 9.80 Å². The molecule has 128 valence electrons. The molecule has 2 heterocycles. The van der Waals surface area contributed by atoms with Crippen LogP contribution in [0.2, 0.25) is 0 Å². The number of carboxylic acid groups (broad SMARTS) is 1. The largest absolute Gasteiger partial charge is 0.481 e. The maximum atomic E-state index is 13.1. The van der Waals surface area contributed by atoms with E-state index in [9.17, 15) is 9.18 Å². The van der Waals surface area contributed by atoms with Crippen LogP contribution in [0.25, 0.3) is 0 Å². The monoisotopic (exact) mass is 333 g/mol. The van der Waals surface area contributed by atoms with E-state index in [0.29, 0.717) is 37.8 Å².